The molecule has 0 saturated carbocycles. The SMILES string of the molecule is CCCCON(CC(C)(C)ONc1ccccc1)c1ccccc1. The standard InChI is InChI=1S/C20H28N2O2/c1-4-5-16-23-22(19-14-10-7-11-15-19)17-20(2,3)24-21-18-12-8-6-9-13-18/h6-15,21H,4-5,16-17H2,1-3H3. The van der Waals surface area contributed by atoms with Crippen LogP contribution in [0.5, 0.6) is 0 Å². The Kier molecular flexibility index (Phi) is 7.09. The van der Waals surface area contributed by atoms with Crippen molar-refractivity contribution in [1.29, 1.82) is 0 Å². The van der Waals surface area contributed by atoms with Crippen molar-refractivity contribution in [3.8, 4) is 0 Å². The van der Waals surface area contributed by atoms with Gasteiger partial charge in [-0.25, -0.2) is 0 Å². The van der Waals surface area contributed by atoms with Crippen LogP contribution in [-0.4, -0.2) is 18.8 Å². The van der Waals surface area contributed by atoms with Crippen molar-refractivity contribution in [2.45, 2.75) is 39.2 Å². The van der Waals surface area contributed by atoms with E-state index < -0.39 is 5.60 Å². The zero-order valence-corrected chi connectivity index (χ0v) is 14.9. The molecule has 2 aromatic carbocycles. The van der Waals surface area contributed by atoms with E-state index in [0.717, 1.165) is 24.2 Å². The van der Waals surface area contributed by atoms with Crippen LogP contribution in [0.2, 0.25) is 0 Å². The minimum Gasteiger partial charge on any atom is -0.273 e. The number of benzene rings is 2. The molecule has 0 aliphatic rings. The van der Waals surface area contributed by atoms with Gasteiger partial charge < -0.3 is 0 Å². The largest absolute Gasteiger partial charge is 0.273 e. The minimum atomic E-state index is -0.433. The Morgan fingerprint density at radius 3 is 2.21 bits per heavy atom. The lowest BCUT2D eigenvalue weighted by Crippen LogP contribution is -2.42. The molecule has 0 saturated heterocycles. The van der Waals surface area contributed by atoms with Gasteiger partial charge >= 0.3 is 0 Å². The molecule has 0 aliphatic carbocycles. The van der Waals surface area contributed by atoms with Gasteiger partial charge in [-0.05, 0) is 44.5 Å². The van der Waals surface area contributed by atoms with Crippen LogP contribution in [0.3, 0.4) is 0 Å². The van der Waals surface area contributed by atoms with Crippen LogP contribution in [-0.2, 0) is 9.68 Å². The van der Waals surface area contributed by atoms with E-state index in [1.165, 1.54) is 0 Å². The third-order valence-corrected chi connectivity index (χ3v) is 3.53. The first-order valence-electron chi connectivity index (χ1n) is 8.55. The molecule has 24 heavy (non-hydrogen) atoms. The quantitative estimate of drug-likeness (QED) is 0.489. The zero-order chi connectivity index (χ0) is 17.3. The fourth-order valence-corrected chi connectivity index (χ4v) is 2.21. The molecule has 4 nitrogen and oxygen atoms in total. The fourth-order valence-electron chi connectivity index (χ4n) is 2.21. The first-order chi connectivity index (χ1) is 11.6. The van der Waals surface area contributed by atoms with Gasteiger partial charge in [0.2, 0.25) is 0 Å². The maximum Gasteiger partial charge on any atom is 0.110 e. The number of unbranched alkanes of at least 4 members (excludes halogenated alkanes) is 1. The van der Waals surface area contributed by atoms with Gasteiger partial charge in [0.1, 0.15) is 5.60 Å². The Morgan fingerprint density at radius 1 is 0.958 bits per heavy atom. The summed E-state index contributed by atoms with van der Waals surface area (Å²) in [6.45, 7) is 7.56. The summed E-state index contributed by atoms with van der Waals surface area (Å²) in [6, 6.07) is 20.0. The van der Waals surface area contributed by atoms with E-state index in [1.807, 2.05) is 79.6 Å². The summed E-state index contributed by atoms with van der Waals surface area (Å²) in [5.74, 6) is 0. The second-order valence-electron chi connectivity index (χ2n) is 6.39. The summed E-state index contributed by atoms with van der Waals surface area (Å²) < 4.78 is 0. The number of hydrogen-bond acceptors (Lipinski definition) is 4. The molecule has 0 aliphatic heterocycles. The average Bonchev–Trinajstić information content (AvgIpc) is 2.61. The Labute approximate surface area is 145 Å². The van der Waals surface area contributed by atoms with E-state index >= 15 is 0 Å². The fraction of sp³-hybridized carbons (Fsp3) is 0.400. The van der Waals surface area contributed by atoms with Crippen molar-refractivity contribution in [2.24, 2.45) is 0 Å². The molecule has 0 heterocycles. The molecule has 0 radical (unpaired) electrons. The monoisotopic (exact) mass is 328 g/mol. The topological polar surface area (TPSA) is 33.7 Å². The highest BCUT2D eigenvalue weighted by molar-refractivity contribution is 5.44. The van der Waals surface area contributed by atoms with E-state index in [9.17, 15) is 0 Å². The summed E-state index contributed by atoms with van der Waals surface area (Å²) in [6.07, 6.45) is 2.14. The first kappa shape index (κ1) is 18.3. The Balaban J connectivity index is 1.97. The highest BCUT2D eigenvalue weighted by atomic mass is 16.7. The molecule has 1 N–H and O–H groups in total. The number of hydrogen-bond donors (Lipinski definition) is 1. The first-order valence-corrected chi connectivity index (χ1v) is 8.55. The smallest absolute Gasteiger partial charge is 0.110 e. The maximum absolute atomic E-state index is 5.98. The van der Waals surface area contributed by atoms with Crippen LogP contribution >= 0.6 is 0 Å². The van der Waals surface area contributed by atoms with Crippen molar-refractivity contribution in [3.05, 3.63) is 60.7 Å². The molecular weight excluding hydrogens is 300 g/mol. The maximum atomic E-state index is 5.98. The number of anilines is 2. The molecule has 2 aromatic rings. The molecule has 130 valence electrons. The Hall–Kier alpha value is -2.04. The van der Waals surface area contributed by atoms with Gasteiger partial charge in [0.15, 0.2) is 0 Å². The predicted molar refractivity (Wildman–Crippen MR) is 99.9 cm³/mol. The lowest BCUT2D eigenvalue weighted by molar-refractivity contribution is -0.00550. The molecule has 0 spiro atoms. The van der Waals surface area contributed by atoms with Gasteiger partial charge in [-0.2, -0.15) is 0 Å². The second kappa shape index (κ2) is 9.30. The molecule has 0 amide bonds. The van der Waals surface area contributed by atoms with Crippen molar-refractivity contribution in [2.75, 3.05) is 23.7 Å². The van der Waals surface area contributed by atoms with Crippen molar-refractivity contribution in [1.82, 2.24) is 0 Å². The molecular formula is C20H28N2O2. The molecule has 4 heteroatoms. The summed E-state index contributed by atoms with van der Waals surface area (Å²) in [5.41, 5.74) is 4.56. The van der Waals surface area contributed by atoms with Crippen LogP contribution in [0.25, 0.3) is 0 Å². The number of rotatable bonds is 10. The zero-order valence-electron chi connectivity index (χ0n) is 14.9. The van der Waals surface area contributed by atoms with E-state index in [2.05, 4.69) is 12.4 Å². The van der Waals surface area contributed by atoms with E-state index in [1.54, 1.807) is 0 Å². The lowest BCUT2D eigenvalue weighted by Gasteiger charge is -2.33. The number of nitrogens with zero attached hydrogens (tertiary/aromatic N) is 1. The average molecular weight is 328 g/mol. The molecule has 2 rings (SSSR count). The van der Waals surface area contributed by atoms with Crippen LogP contribution in [0, 0.1) is 0 Å². The summed E-state index contributed by atoms with van der Waals surface area (Å²) in [4.78, 5) is 11.9. The van der Waals surface area contributed by atoms with E-state index in [0.29, 0.717) is 13.2 Å². The van der Waals surface area contributed by atoms with Crippen LogP contribution in [0.15, 0.2) is 60.7 Å². The third-order valence-electron chi connectivity index (χ3n) is 3.53. The molecule has 0 atom stereocenters. The Morgan fingerprint density at radius 2 is 1.58 bits per heavy atom. The van der Waals surface area contributed by atoms with Gasteiger partial charge in [0.25, 0.3) is 0 Å². The van der Waals surface area contributed by atoms with E-state index in [-0.39, 0.29) is 0 Å². The lowest BCUT2D eigenvalue weighted by atomic mass is 10.1. The van der Waals surface area contributed by atoms with Gasteiger partial charge in [0, 0.05) is 0 Å². The number of nitrogens with one attached hydrogen (secondary N) is 1. The van der Waals surface area contributed by atoms with Gasteiger partial charge in [-0.15, -0.1) is 0 Å². The second-order valence-corrected chi connectivity index (χ2v) is 6.39. The molecule has 0 fully saturated rings. The minimum absolute atomic E-state index is 0.433. The Bertz CT molecular complexity index is 573. The van der Waals surface area contributed by atoms with Crippen LogP contribution in [0.1, 0.15) is 33.6 Å². The normalized spacial score (nSPS) is 11.3. The summed E-state index contributed by atoms with van der Waals surface area (Å²) >= 11 is 0. The van der Waals surface area contributed by atoms with Crippen molar-refractivity contribution < 1.29 is 9.68 Å². The van der Waals surface area contributed by atoms with Crippen LogP contribution in [0.4, 0.5) is 11.4 Å². The highest BCUT2D eigenvalue weighted by Crippen LogP contribution is 2.20. The summed E-state index contributed by atoms with van der Waals surface area (Å²) in [5, 5.41) is 1.92. The molecule has 0 aromatic heterocycles. The third kappa shape index (κ3) is 6.22. The highest BCUT2D eigenvalue weighted by Gasteiger charge is 2.24. The van der Waals surface area contributed by atoms with Crippen molar-refractivity contribution >= 4 is 11.4 Å². The molecule has 0 bridgehead atoms. The number of para-hydroxylation sites is 2. The summed E-state index contributed by atoms with van der Waals surface area (Å²) in [7, 11) is 0. The van der Waals surface area contributed by atoms with E-state index in [4.69, 9.17) is 9.68 Å². The number of hydroxylamine groups is 1. The van der Waals surface area contributed by atoms with Crippen molar-refractivity contribution in [3.63, 3.8) is 0 Å². The van der Waals surface area contributed by atoms with Crippen LogP contribution < -0.4 is 10.5 Å². The van der Waals surface area contributed by atoms with Gasteiger partial charge in [-0.3, -0.25) is 20.2 Å². The predicted octanol–water partition coefficient (Wildman–Crippen LogP) is 5.05. The molecule has 0 unspecified atom stereocenters. The van der Waals surface area contributed by atoms with Gasteiger partial charge in [0.05, 0.1) is 24.5 Å². The van der Waals surface area contributed by atoms with Gasteiger partial charge in [-0.1, -0.05) is 49.7 Å².